The van der Waals surface area contributed by atoms with Crippen molar-refractivity contribution in [2.75, 3.05) is 5.32 Å². The molecule has 0 saturated carbocycles. The highest BCUT2D eigenvalue weighted by atomic mass is 35.5. The first kappa shape index (κ1) is 12.8. The van der Waals surface area contributed by atoms with Crippen LogP contribution in [-0.2, 0) is 6.54 Å². The van der Waals surface area contributed by atoms with Crippen LogP contribution in [0.5, 0.6) is 5.75 Å². The number of rotatable bonds is 3. The molecule has 2 N–H and O–H groups in total. The Labute approximate surface area is 112 Å². The molecular weight excluding hydrogens is 246 g/mol. The van der Waals surface area contributed by atoms with Crippen LogP contribution >= 0.6 is 11.6 Å². The second-order valence-corrected chi connectivity index (χ2v) is 4.81. The Morgan fingerprint density at radius 3 is 2.72 bits per heavy atom. The number of hydrogen-bond acceptors (Lipinski definition) is 2. The summed E-state index contributed by atoms with van der Waals surface area (Å²) in [5, 5.41) is 13.7. The highest BCUT2D eigenvalue weighted by molar-refractivity contribution is 6.30. The molecule has 94 valence electrons. The lowest BCUT2D eigenvalue weighted by atomic mass is 10.1. The average Bonchev–Trinajstić information content (AvgIpc) is 2.35. The fourth-order valence-electron chi connectivity index (χ4n) is 1.83. The summed E-state index contributed by atoms with van der Waals surface area (Å²) in [6.07, 6.45) is 0. The lowest BCUT2D eigenvalue weighted by Crippen LogP contribution is -2.02. The second kappa shape index (κ2) is 5.32. The molecular formula is C15H16ClNO. The van der Waals surface area contributed by atoms with Crippen LogP contribution in [-0.4, -0.2) is 5.11 Å². The van der Waals surface area contributed by atoms with Gasteiger partial charge in [-0.2, -0.15) is 0 Å². The van der Waals surface area contributed by atoms with E-state index < -0.39 is 0 Å². The lowest BCUT2D eigenvalue weighted by Gasteiger charge is -2.12. The van der Waals surface area contributed by atoms with Crippen LogP contribution < -0.4 is 5.32 Å². The molecule has 0 atom stereocenters. The molecule has 0 spiro atoms. The molecule has 0 unspecified atom stereocenters. The van der Waals surface area contributed by atoms with Crippen molar-refractivity contribution < 1.29 is 5.11 Å². The van der Waals surface area contributed by atoms with Gasteiger partial charge in [0, 0.05) is 22.8 Å². The van der Waals surface area contributed by atoms with E-state index in [9.17, 15) is 5.11 Å². The first-order valence-electron chi connectivity index (χ1n) is 5.85. The van der Waals surface area contributed by atoms with Gasteiger partial charge in [0.1, 0.15) is 5.75 Å². The maximum absolute atomic E-state index is 9.74. The minimum absolute atomic E-state index is 0.261. The fourth-order valence-corrected chi connectivity index (χ4v) is 2.02. The van der Waals surface area contributed by atoms with Crippen LogP contribution in [0.3, 0.4) is 0 Å². The fraction of sp³-hybridized carbons (Fsp3) is 0.200. The zero-order valence-corrected chi connectivity index (χ0v) is 11.3. The second-order valence-electron chi connectivity index (χ2n) is 4.37. The zero-order valence-electron chi connectivity index (χ0n) is 10.5. The van der Waals surface area contributed by atoms with Crippen molar-refractivity contribution in [1.29, 1.82) is 0 Å². The topological polar surface area (TPSA) is 32.3 Å². The molecule has 0 radical (unpaired) electrons. The Morgan fingerprint density at radius 1 is 1.17 bits per heavy atom. The van der Waals surface area contributed by atoms with Gasteiger partial charge in [-0.3, -0.25) is 0 Å². The van der Waals surface area contributed by atoms with Crippen molar-refractivity contribution in [3.05, 3.63) is 58.1 Å². The van der Waals surface area contributed by atoms with Gasteiger partial charge in [-0.25, -0.2) is 0 Å². The number of hydrogen-bond donors (Lipinski definition) is 2. The first-order valence-corrected chi connectivity index (χ1v) is 6.23. The third-order valence-corrected chi connectivity index (χ3v) is 3.35. The van der Waals surface area contributed by atoms with Crippen LogP contribution in [0.1, 0.15) is 16.7 Å². The number of benzene rings is 2. The van der Waals surface area contributed by atoms with E-state index in [0.29, 0.717) is 11.6 Å². The molecule has 0 aliphatic heterocycles. The number of anilines is 1. The molecule has 0 saturated heterocycles. The summed E-state index contributed by atoms with van der Waals surface area (Å²) in [6.45, 7) is 4.71. The number of aromatic hydroxyl groups is 1. The summed E-state index contributed by atoms with van der Waals surface area (Å²) >= 11 is 5.92. The van der Waals surface area contributed by atoms with Crippen molar-refractivity contribution in [2.45, 2.75) is 20.4 Å². The zero-order chi connectivity index (χ0) is 13.1. The molecule has 3 heteroatoms. The molecule has 0 aromatic heterocycles. The van der Waals surface area contributed by atoms with Crippen molar-refractivity contribution >= 4 is 17.3 Å². The monoisotopic (exact) mass is 261 g/mol. The van der Waals surface area contributed by atoms with Crippen LogP contribution in [0, 0.1) is 13.8 Å². The summed E-state index contributed by atoms with van der Waals surface area (Å²) < 4.78 is 0. The highest BCUT2D eigenvalue weighted by Gasteiger charge is 2.04. The molecule has 0 fully saturated rings. The van der Waals surface area contributed by atoms with E-state index in [0.717, 1.165) is 11.3 Å². The van der Waals surface area contributed by atoms with Crippen molar-refractivity contribution in [1.82, 2.24) is 0 Å². The summed E-state index contributed by atoms with van der Waals surface area (Å²) in [6, 6.07) is 11.2. The molecule has 0 aliphatic rings. The molecule has 2 nitrogen and oxygen atoms in total. The summed E-state index contributed by atoms with van der Waals surface area (Å²) in [5.74, 6) is 0.261. The Kier molecular flexibility index (Phi) is 3.78. The van der Waals surface area contributed by atoms with E-state index in [2.05, 4.69) is 25.2 Å². The molecule has 2 rings (SSSR count). The van der Waals surface area contributed by atoms with E-state index in [1.54, 1.807) is 18.2 Å². The van der Waals surface area contributed by atoms with Gasteiger partial charge in [0.15, 0.2) is 0 Å². The Bertz CT molecular complexity index is 564. The molecule has 2 aromatic carbocycles. The number of aryl methyl sites for hydroxylation is 1. The van der Waals surface area contributed by atoms with Gasteiger partial charge >= 0.3 is 0 Å². The number of phenols is 1. The van der Waals surface area contributed by atoms with Crippen LogP contribution in [0.25, 0.3) is 0 Å². The normalized spacial score (nSPS) is 10.4. The summed E-state index contributed by atoms with van der Waals surface area (Å²) in [5.41, 5.74) is 4.34. The first-order chi connectivity index (χ1) is 8.58. The number of nitrogens with one attached hydrogen (secondary N) is 1. The van der Waals surface area contributed by atoms with Crippen LogP contribution in [0.2, 0.25) is 5.02 Å². The third-order valence-electron chi connectivity index (χ3n) is 3.12. The van der Waals surface area contributed by atoms with Gasteiger partial charge in [0.25, 0.3) is 0 Å². The SMILES string of the molecule is Cc1cccc(NCc2cc(Cl)ccc2O)c1C. The molecule has 0 heterocycles. The Hall–Kier alpha value is -1.67. The van der Waals surface area contributed by atoms with Crippen molar-refractivity contribution in [3.8, 4) is 5.75 Å². The van der Waals surface area contributed by atoms with Crippen LogP contribution in [0.15, 0.2) is 36.4 Å². The van der Waals surface area contributed by atoms with Gasteiger partial charge in [0.05, 0.1) is 0 Å². The summed E-state index contributed by atoms with van der Waals surface area (Å²) in [4.78, 5) is 0. The quantitative estimate of drug-likeness (QED) is 0.865. The Morgan fingerprint density at radius 2 is 1.94 bits per heavy atom. The molecule has 18 heavy (non-hydrogen) atoms. The number of halogens is 1. The van der Waals surface area contributed by atoms with Gasteiger partial charge in [0.2, 0.25) is 0 Å². The predicted molar refractivity (Wildman–Crippen MR) is 76.4 cm³/mol. The van der Waals surface area contributed by atoms with Gasteiger partial charge in [-0.15, -0.1) is 0 Å². The molecule has 0 bridgehead atoms. The van der Waals surface area contributed by atoms with E-state index in [1.165, 1.54) is 11.1 Å². The molecule has 2 aromatic rings. The van der Waals surface area contributed by atoms with Gasteiger partial charge in [-0.05, 0) is 49.2 Å². The van der Waals surface area contributed by atoms with Crippen molar-refractivity contribution in [3.63, 3.8) is 0 Å². The summed E-state index contributed by atoms with van der Waals surface area (Å²) in [7, 11) is 0. The van der Waals surface area contributed by atoms with Gasteiger partial charge in [-0.1, -0.05) is 23.7 Å². The highest BCUT2D eigenvalue weighted by Crippen LogP contribution is 2.24. The standard InChI is InChI=1S/C15H16ClNO/c1-10-4-3-5-14(11(10)2)17-9-12-8-13(16)6-7-15(12)18/h3-8,17-18H,9H2,1-2H3. The van der Waals surface area contributed by atoms with E-state index in [-0.39, 0.29) is 5.75 Å². The minimum atomic E-state index is 0.261. The largest absolute Gasteiger partial charge is 0.508 e. The van der Waals surface area contributed by atoms with Crippen molar-refractivity contribution in [2.24, 2.45) is 0 Å². The van der Waals surface area contributed by atoms with E-state index in [1.807, 2.05) is 12.1 Å². The van der Waals surface area contributed by atoms with E-state index >= 15 is 0 Å². The minimum Gasteiger partial charge on any atom is -0.508 e. The van der Waals surface area contributed by atoms with Gasteiger partial charge < -0.3 is 10.4 Å². The van der Waals surface area contributed by atoms with Crippen LogP contribution in [0.4, 0.5) is 5.69 Å². The third kappa shape index (κ3) is 2.77. The lowest BCUT2D eigenvalue weighted by molar-refractivity contribution is 0.469. The maximum atomic E-state index is 9.74. The molecule has 0 amide bonds. The van der Waals surface area contributed by atoms with E-state index in [4.69, 9.17) is 11.6 Å². The average molecular weight is 262 g/mol. The Balaban J connectivity index is 2.16. The smallest absolute Gasteiger partial charge is 0.120 e. The molecule has 0 aliphatic carbocycles. The maximum Gasteiger partial charge on any atom is 0.120 e. The number of phenolic OH excluding ortho intramolecular Hbond substituents is 1. The predicted octanol–water partition coefficient (Wildman–Crippen LogP) is 4.27.